The van der Waals surface area contributed by atoms with Gasteiger partial charge in [0.15, 0.2) is 6.79 Å². The van der Waals surface area contributed by atoms with Gasteiger partial charge >= 0.3 is 0 Å². The highest BCUT2D eigenvalue weighted by molar-refractivity contribution is 5.46. The van der Waals surface area contributed by atoms with Crippen LogP contribution in [0.1, 0.15) is 12.5 Å². The maximum Gasteiger partial charge on any atom is 0.188 e. The van der Waals surface area contributed by atoms with Crippen LogP contribution in [0.4, 0.5) is 0 Å². The van der Waals surface area contributed by atoms with Crippen molar-refractivity contribution in [2.45, 2.75) is 13.3 Å². The monoisotopic (exact) mass is 208 g/mol. The van der Waals surface area contributed by atoms with Crippen LogP contribution in [-0.4, -0.2) is 20.5 Å². The minimum atomic E-state index is 0.283. The Hall–Kier alpha value is -1.22. The molecule has 1 heterocycles. The minimum absolute atomic E-state index is 0.283. The molecule has 1 aliphatic heterocycles. The highest BCUT2D eigenvalue weighted by Crippen LogP contribution is 2.34. The summed E-state index contributed by atoms with van der Waals surface area (Å²) in [5.41, 5.74) is 1.16. The van der Waals surface area contributed by atoms with Gasteiger partial charge in [-0.3, -0.25) is 0 Å². The number of benzene rings is 1. The molecule has 0 aromatic heterocycles. The van der Waals surface area contributed by atoms with Crippen LogP contribution in [0, 0.1) is 5.92 Å². The highest BCUT2D eigenvalue weighted by atomic mass is 16.7. The van der Waals surface area contributed by atoms with Crippen LogP contribution in [0.25, 0.3) is 0 Å². The van der Waals surface area contributed by atoms with Crippen molar-refractivity contribution in [3.05, 3.63) is 23.8 Å². The smallest absolute Gasteiger partial charge is 0.188 e. The fourth-order valence-electron chi connectivity index (χ4n) is 1.78. The average Bonchev–Trinajstić information content (AvgIpc) is 2.26. The molecule has 1 unspecified atom stereocenters. The molecule has 1 atom stereocenters. The van der Waals surface area contributed by atoms with Crippen LogP contribution in [0.3, 0.4) is 0 Å². The van der Waals surface area contributed by atoms with Crippen LogP contribution in [0.5, 0.6) is 11.5 Å². The van der Waals surface area contributed by atoms with Gasteiger partial charge in [0, 0.05) is 12.7 Å². The zero-order valence-corrected chi connectivity index (χ0v) is 9.16. The zero-order chi connectivity index (χ0) is 10.7. The summed E-state index contributed by atoms with van der Waals surface area (Å²) in [4.78, 5) is 0. The molecule has 1 aromatic rings. The Morgan fingerprint density at radius 3 is 3.13 bits per heavy atom. The third-order valence-electron chi connectivity index (χ3n) is 2.50. The van der Waals surface area contributed by atoms with Crippen LogP contribution < -0.4 is 9.47 Å². The van der Waals surface area contributed by atoms with Gasteiger partial charge in [-0.25, -0.2) is 0 Å². The lowest BCUT2D eigenvalue weighted by Crippen LogP contribution is -2.19. The summed E-state index contributed by atoms with van der Waals surface area (Å²) in [5, 5.41) is 0. The quantitative estimate of drug-likeness (QED) is 0.713. The molecule has 0 saturated heterocycles. The van der Waals surface area contributed by atoms with Crippen molar-refractivity contribution in [1.29, 1.82) is 0 Å². The van der Waals surface area contributed by atoms with Crippen molar-refractivity contribution < 1.29 is 14.2 Å². The van der Waals surface area contributed by atoms with Crippen LogP contribution in [0.15, 0.2) is 18.2 Å². The van der Waals surface area contributed by atoms with E-state index in [1.54, 1.807) is 7.11 Å². The van der Waals surface area contributed by atoms with Crippen molar-refractivity contribution in [1.82, 2.24) is 0 Å². The number of ether oxygens (including phenoxy) is 3. The summed E-state index contributed by atoms with van der Waals surface area (Å²) in [7, 11) is 1.62. The summed E-state index contributed by atoms with van der Waals surface area (Å²) in [5.74, 6) is 2.37. The highest BCUT2D eigenvalue weighted by Gasteiger charge is 2.19. The summed E-state index contributed by atoms with van der Waals surface area (Å²) < 4.78 is 16.0. The van der Waals surface area contributed by atoms with E-state index in [1.807, 2.05) is 18.2 Å². The SMILES string of the molecule is COCOc1cccc2c1CC(C)CO2. The first-order valence-electron chi connectivity index (χ1n) is 5.17. The van der Waals surface area contributed by atoms with Crippen LogP contribution in [-0.2, 0) is 11.2 Å². The molecule has 1 aromatic carbocycles. The second kappa shape index (κ2) is 4.53. The van der Waals surface area contributed by atoms with Gasteiger partial charge in [-0.05, 0) is 24.5 Å². The average molecular weight is 208 g/mol. The lowest BCUT2D eigenvalue weighted by Gasteiger charge is -2.24. The van der Waals surface area contributed by atoms with E-state index in [4.69, 9.17) is 14.2 Å². The number of fused-ring (bicyclic) bond motifs is 1. The summed E-state index contributed by atoms with van der Waals surface area (Å²) in [6.07, 6.45) is 1.01. The van der Waals surface area contributed by atoms with E-state index in [-0.39, 0.29) is 6.79 Å². The largest absolute Gasteiger partial charge is 0.493 e. The lowest BCUT2D eigenvalue weighted by atomic mass is 9.98. The van der Waals surface area contributed by atoms with E-state index in [9.17, 15) is 0 Å². The Morgan fingerprint density at radius 2 is 2.33 bits per heavy atom. The van der Waals surface area contributed by atoms with Crippen LogP contribution in [0.2, 0.25) is 0 Å². The maximum atomic E-state index is 5.64. The lowest BCUT2D eigenvalue weighted by molar-refractivity contribution is 0.0495. The standard InChI is InChI=1S/C12H16O3/c1-9-6-10-11(14-7-9)4-3-5-12(10)15-8-13-2/h3-5,9H,6-8H2,1-2H3. The number of hydrogen-bond donors (Lipinski definition) is 0. The molecular formula is C12H16O3. The summed E-state index contributed by atoms with van der Waals surface area (Å²) in [6.45, 7) is 3.25. The van der Waals surface area contributed by atoms with Crippen molar-refractivity contribution in [3.8, 4) is 11.5 Å². The molecule has 0 N–H and O–H groups in total. The molecule has 0 spiro atoms. The Balaban J connectivity index is 2.23. The Labute approximate surface area is 90.0 Å². The first-order chi connectivity index (χ1) is 7.31. The van der Waals surface area contributed by atoms with Gasteiger partial charge in [0.1, 0.15) is 11.5 Å². The van der Waals surface area contributed by atoms with Gasteiger partial charge in [0.25, 0.3) is 0 Å². The van der Waals surface area contributed by atoms with Crippen LogP contribution >= 0.6 is 0 Å². The summed E-state index contributed by atoms with van der Waals surface area (Å²) in [6, 6.07) is 5.89. The topological polar surface area (TPSA) is 27.7 Å². The predicted octanol–water partition coefficient (Wildman–Crippen LogP) is 2.24. The van der Waals surface area contributed by atoms with Gasteiger partial charge in [-0.2, -0.15) is 0 Å². The fourth-order valence-corrected chi connectivity index (χ4v) is 1.78. The van der Waals surface area contributed by atoms with Gasteiger partial charge in [0.05, 0.1) is 6.61 Å². The molecule has 0 saturated carbocycles. The molecule has 0 fully saturated rings. The van der Waals surface area contributed by atoms with Gasteiger partial charge < -0.3 is 14.2 Å². The third kappa shape index (κ3) is 2.23. The van der Waals surface area contributed by atoms with Gasteiger partial charge in [-0.15, -0.1) is 0 Å². The molecule has 2 rings (SSSR count). The first-order valence-corrected chi connectivity index (χ1v) is 5.17. The van der Waals surface area contributed by atoms with E-state index < -0.39 is 0 Å². The molecule has 0 amide bonds. The predicted molar refractivity (Wildman–Crippen MR) is 57.3 cm³/mol. The van der Waals surface area contributed by atoms with Gasteiger partial charge in [-0.1, -0.05) is 13.0 Å². The molecule has 82 valence electrons. The molecule has 15 heavy (non-hydrogen) atoms. The Morgan fingerprint density at radius 1 is 1.47 bits per heavy atom. The zero-order valence-electron chi connectivity index (χ0n) is 9.16. The first kappa shape index (κ1) is 10.3. The number of rotatable bonds is 3. The Bertz CT molecular complexity index is 336. The normalized spacial score (nSPS) is 19.2. The van der Waals surface area contributed by atoms with Crippen molar-refractivity contribution in [3.63, 3.8) is 0 Å². The molecule has 0 radical (unpaired) electrons. The minimum Gasteiger partial charge on any atom is -0.493 e. The van der Waals surface area contributed by atoms with Gasteiger partial charge in [0.2, 0.25) is 0 Å². The van der Waals surface area contributed by atoms with Crippen molar-refractivity contribution >= 4 is 0 Å². The second-order valence-electron chi connectivity index (χ2n) is 3.90. The molecule has 0 aliphatic carbocycles. The Kier molecular flexibility index (Phi) is 3.11. The van der Waals surface area contributed by atoms with E-state index in [1.165, 1.54) is 0 Å². The van der Waals surface area contributed by atoms with E-state index in [2.05, 4.69) is 6.92 Å². The number of methoxy groups -OCH3 is 1. The van der Waals surface area contributed by atoms with Crippen molar-refractivity contribution in [2.75, 3.05) is 20.5 Å². The molecule has 1 aliphatic rings. The fraction of sp³-hybridized carbons (Fsp3) is 0.500. The van der Waals surface area contributed by atoms with E-state index >= 15 is 0 Å². The van der Waals surface area contributed by atoms with E-state index in [0.29, 0.717) is 5.92 Å². The maximum absolute atomic E-state index is 5.64. The second-order valence-corrected chi connectivity index (χ2v) is 3.90. The summed E-state index contributed by atoms with van der Waals surface area (Å²) >= 11 is 0. The molecule has 3 nitrogen and oxygen atoms in total. The number of hydrogen-bond acceptors (Lipinski definition) is 3. The molecule has 3 heteroatoms. The molecular weight excluding hydrogens is 192 g/mol. The van der Waals surface area contributed by atoms with Crippen molar-refractivity contribution in [2.24, 2.45) is 5.92 Å². The van der Waals surface area contributed by atoms with E-state index in [0.717, 1.165) is 30.1 Å². The molecule has 0 bridgehead atoms. The third-order valence-corrected chi connectivity index (χ3v) is 2.50.